The standard InChI is InChI=1S/C29H36FN7O4/c1-17-5-6-20(14-41-17)36-15-31-22-11-19(10-21(30)27(22)36)25-26-28(37(16-32-26)24-4-2-3-9-40-24)34-29(33-25)35-8-7-18(13-38)23(39)12-35/h10-11,15-18,20,23-24,38-39H,2-9,12-14H2,1H3/t17-,18-,20+,23+,24?/m1/s1. The molecular formula is C29H36FN7O4. The van der Waals surface area contributed by atoms with Gasteiger partial charge in [0, 0.05) is 37.8 Å². The van der Waals surface area contributed by atoms with Crippen molar-refractivity contribution in [3.63, 3.8) is 0 Å². The van der Waals surface area contributed by atoms with Crippen LogP contribution in [0.4, 0.5) is 10.3 Å². The second kappa shape index (κ2) is 10.9. The highest BCUT2D eigenvalue weighted by atomic mass is 19.1. The average molecular weight is 566 g/mol. The summed E-state index contributed by atoms with van der Waals surface area (Å²) in [6, 6.07) is 3.39. The molecule has 6 heterocycles. The number of fused-ring (bicyclic) bond motifs is 2. The molecule has 41 heavy (non-hydrogen) atoms. The number of rotatable bonds is 5. The third-order valence-electron chi connectivity index (χ3n) is 8.88. The number of aliphatic hydroxyl groups is 2. The third kappa shape index (κ3) is 4.86. The lowest BCUT2D eigenvalue weighted by molar-refractivity contribution is -0.0298. The van der Waals surface area contributed by atoms with E-state index in [1.807, 2.05) is 20.1 Å². The van der Waals surface area contributed by atoms with Crippen LogP contribution in [0.2, 0.25) is 0 Å². The minimum Gasteiger partial charge on any atom is -0.396 e. The van der Waals surface area contributed by atoms with Crippen LogP contribution in [0.1, 0.15) is 57.7 Å². The number of imidazole rings is 2. The summed E-state index contributed by atoms with van der Waals surface area (Å²) in [6.07, 6.45) is 8.10. The van der Waals surface area contributed by atoms with Crippen molar-refractivity contribution in [3.05, 3.63) is 30.6 Å². The molecule has 0 saturated carbocycles. The molecule has 12 heteroatoms. The summed E-state index contributed by atoms with van der Waals surface area (Å²) in [4.78, 5) is 21.0. The van der Waals surface area contributed by atoms with E-state index >= 15 is 4.39 Å². The fourth-order valence-electron chi connectivity index (χ4n) is 6.40. The molecule has 0 radical (unpaired) electrons. The van der Waals surface area contributed by atoms with Gasteiger partial charge < -0.3 is 29.2 Å². The molecule has 3 saturated heterocycles. The first-order valence-corrected chi connectivity index (χ1v) is 14.7. The van der Waals surface area contributed by atoms with E-state index in [0.29, 0.717) is 72.1 Å². The zero-order valence-electron chi connectivity index (χ0n) is 23.2. The Kier molecular flexibility index (Phi) is 7.10. The zero-order valence-corrected chi connectivity index (χ0v) is 23.2. The third-order valence-corrected chi connectivity index (χ3v) is 8.88. The highest BCUT2D eigenvalue weighted by molar-refractivity contribution is 5.92. The normalized spacial score (nSPS) is 27.6. The second-order valence-corrected chi connectivity index (χ2v) is 11.6. The van der Waals surface area contributed by atoms with Gasteiger partial charge in [-0.1, -0.05) is 0 Å². The zero-order chi connectivity index (χ0) is 28.1. The number of piperidine rings is 1. The Bertz CT molecular complexity index is 1540. The fraction of sp³-hybridized carbons (Fsp3) is 0.586. The number of β-amino-alcohol motifs (C(OH)–C–C–N with tert-alkyl or cyclic N) is 1. The van der Waals surface area contributed by atoms with Gasteiger partial charge in [0.2, 0.25) is 5.95 Å². The Morgan fingerprint density at radius 2 is 1.90 bits per heavy atom. The molecule has 218 valence electrons. The second-order valence-electron chi connectivity index (χ2n) is 11.6. The lowest BCUT2D eigenvalue weighted by Gasteiger charge is -2.35. The van der Waals surface area contributed by atoms with Gasteiger partial charge in [-0.15, -0.1) is 0 Å². The Balaban J connectivity index is 1.32. The van der Waals surface area contributed by atoms with E-state index in [2.05, 4.69) is 16.9 Å². The average Bonchev–Trinajstić information content (AvgIpc) is 3.62. The predicted octanol–water partition coefficient (Wildman–Crippen LogP) is 3.60. The first-order valence-electron chi connectivity index (χ1n) is 14.7. The molecule has 2 N–H and O–H groups in total. The smallest absolute Gasteiger partial charge is 0.228 e. The number of aromatic nitrogens is 6. The van der Waals surface area contributed by atoms with Crippen LogP contribution < -0.4 is 4.90 Å². The minimum atomic E-state index is -0.701. The quantitative estimate of drug-likeness (QED) is 0.374. The van der Waals surface area contributed by atoms with Crippen molar-refractivity contribution in [3.8, 4) is 11.3 Å². The summed E-state index contributed by atoms with van der Waals surface area (Å²) in [7, 11) is 0. The van der Waals surface area contributed by atoms with E-state index in [-0.39, 0.29) is 36.7 Å². The van der Waals surface area contributed by atoms with Crippen molar-refractivity contribution in [2.75, 3.05) is 37.8 Å². The minimum absolute atomic E-state index is 0.0355. The van der Waals surface area contributed by atoms with Gasteiger partial charge >= 0.3 is 0 Å². The van der Waals surface area contributed by atoms with Crippen LogP contribution in [-0.2, 0) is 9.47 Å². The molecule has 0 amide bonds. The molecule has 5 atom stereocenters. The molecule has 4 aromatic rings. The number of aliphatic hydroxyl groups excluding tert-OH is 2. The lowest BCUT2D eigenvalue weighted by atomic mass is 9.95. The molecule has 0 aliphatic carbocycles. The highest BCUT2D eigenvalue weighted by Gasteiger charge is 2.31. The monoisotopic (exact) mass is 565 g/mol. The molecule has 3 aliphatic rings. The lowest BCUT2D eigenvalue weighted by Crippen LogP contribution is -2.45. The van der Waals surface area contributed by atoms with Crippen molar-refractivity contribution in [2.45, 2.75) is 69.9 Å². The summed E-state index contributed by atoms with van der Waals surface area (Å²) in [5, 5.41) is 20.3. The maximum absolute atomic E-state index is 15.9. The Morgan fingerprint density at radius 1 is 1.02 bits per heavy atom. The SMILES string of the molecule is C[C@@H]1CC[C@H](n2cnc3cc(-c4nc(N5CC[C@H](CO)[C@@H](O)C5)nc5c4ncn5C4CCCCO4)cc(F)c32)CO1. The van der Waals surface area contributed by atoms with E-state index in [9.17, 15) is 10.2 Å². The molecule has 3 aliphatic heterocycles. The van der Waals surface area contributed by atoms with E-state index in [1.165, 1.54) is 6.07 Å². The first kappa shape index (κ1) is 26.7. The molecule has 3 aromatic heterocycles. The Labute approximate surface area is 236 Å². The van der Waals surface area contributed by atoms with Crippen LogP contribution in [-0.4, -0.2) is 84.4 Å². The number of hydrogen-bond donors (Lipinski definition) is 2. The van der Waals surface area contributed by atoms with E-state index in [4.69, 9.17) is 19.4 Å². The van der Waals surface area contributed by atoms with Gasteiger partial charge in [0.05, 0.1) is 43.0 Å². The van der Waals surface area contributed by atoms with Gasteiger partial charge in [-0.2, -0.15) is 4.98 Å². The maximum Gasteiger partial charge on any atom is 0.228 e. The first-order chi connectivity index (χ1) is 20.0. The topological polar surface area (TPSA) is 124 Å². The number of halogens is 1. The van der Waals surface area contributed by atoms with Crippen molar-refractivity contribution in [1.82, 2.24) is 29.1 Å². The van der Waals surface area contributed by atoms with E-state index in [0.717, 1.165) is 32.1 Å². The summed E-state index contributed by atoms with van der Waals surface area (Å²) in [6.45, 7) is 4.08. The summed E-state index contributed by atoms with van der Waals surface area (Å²) < 4.78 is 31.6. The molecule has 1 unspecified atom stereocenters. The molecule has 3 fully saturated rings. The van der Waals surface area contributed by atoms with Gasteiger partial charge in [0.25, 0.3) is 0 Å². The number of nitrogens with zero attached hydrogens (tertiary/aromatic N) is 7. The van der Waals surface area contributed by atoms with Crippen LogP contribution in [0.3, 0.4) is 0 Å². The Hall–Kier alpha value is -3.19. The van der Waals surface area contributed by atoms with Gasteiger partial charge in [-0.3, -0.25) is 4.57 Å². The van der Waals surface area contributed by atoms with Crippen molar-refractivity contribution in [1.29, 1.82) is 0 Å². The largest absolute Gasteiger partial charge is 0.396 e. The van der Waals surface area contributed by atoms with Crippen LogP contribution in [0, 0.1) is 11.7 Å². The maximum atomic E-state index is 15.9. The summed E-state index contributed by atoms with van der Waals surface area (Å²) in [5.74, 6) is -0.129. The summed E-state index contributed by atoms with van der Waals surface area (Å²) >= 11 is 0. The van der Waals surface area contributed by atoms with Crippen LogP contribution in [0.15, 0.2) is 24.8 Å². The number of ether oxygens (including phenoxy) is 2. The number of anilines is 1. The van der Waals surface area contributed by atoms with Gasteiger partial charge in [0.15, 0.2) is 5.65 Å². The highest BCUT2D eigenvalue weighted by Crippen LogP contribution is 2.35. The molecule has 0 bridgehead atoms. The molecule has 0 spiro atoms. The van der Waals surface area contributed by atoms with Gasteiger partial charge in [-0.25, -0.2) is 19.3 Å². The Morgan fingerprint density at radius 3 is 2.66 bits per heavy atom. The fourth-order valence-corrected chi connectivity index (χ4v) is 6.40. The molecular weight excluding hydrogens is 529 g/mol. The summed E-state index contributed by atoms with van der Waals surface area (Å²) in [5.41, 5.74) is 3.22. The number of benzene rings is 1. The molecule has 7 rings (SSSR count). The molecule has 11 nitrogen and oxygen atoms in total. The number of hydrogen-bond acceptors (Lipinski definition) is 9. The van der Waals surface area contributed by atoms with Crippen LogP contribution in [0.25, 0.3) is 33.5 Å². The van der Waals surface area contributed by atoms with Crippen molar-refractivity contribution < 1.29 is 24.1 Å². The van der Waals surface area contributed by atoms with E-state index in [1.54, 1.807) is 12.7 Å². The predicted molar refractivity (Wildman–Crippen MR) is 150 cm³/mol. The van der Waals surface area contributed by atoms with Crippen molar-refractivity contribution >= 4 is 28.1 Å². The van der Waals surface area contributed by atoms with E-state index < -0.39 is 6.10 Å². The van der Waals surface area contributed by atoms with Crippen molar-refractivity contribution in [2.24, 2.45) is 5.92 Å². The van der Waals surface area contributed by atoms with Crippen LogP contribution in [0.5, 0.6) is 0 Å². The molecule has 1 aromatic carbocycles. The van der Waals surface area contributed by atoms with Gasteiger partial charge in [0.1, 0.15) is 28.8 Å². The van der Waals surface area contributed by atoms with Gasteiger partial charge in [-0.05, 0) is 57.6 Å². The van der Waals surface area contributed by atoms with Crippen LogP contribution >= 0.6 is 0 Å².